The number of benzene rings is 1. The molecule has 108 valence electrons. The van der Waals surface area contributed by atoms with Crippen LogP contribution in [0.3, 0.4) is 0 Å². The quantitative estimate of drug-likeness (QED) is 0.749. The van der Waals surface area contributed by atoms with Crippen molar-refractivity contribution in [3.8, 4) is 0 Å². The van der Waals surface area contributed by atoms with E-state index in [1.54, 1.807) is 12.1 Å². The molecule has 0 aromatic heterocycles. The van der Waals surface area contributed by atoms with Crippen LogP contribution in [0.15, 0.2) is 24.3 Å². The molecule has 0 atom stereocenters. The second kappa shape index (κ2) is 6.88. The molecule has 0 saturated carbocycles. The summed E-state index contributed by atoms with van der Waals surface area (Å²) >= 11 is 0. The largest absolute Gasteiger partial charge is 0.399 e. The first-order chi connectivity index (χ1) is 8.85. The third kappa shape index (κ3) is 5.18. The first kappa shape index (κ1) is 15.9. The van der Waals surface area contributed by atoms with Crippen LogP contribution in [0.4, 0.5) is 5.69 Å². The molecule has 3 N–H and O–H groups in total. The molecule has 0 radical (unpaired) electrons. The van der Waals surface area contributed by atoms with Crippen LogP contribution < -0.4 is 10.5 Å². The number of nitrogen functional groups attached to an aromatic ring is 1. The molecule has 1 aromatic rings. The number of rotatable bonds is 7. The van der Waals surface area contributed by atoms with Crippen LogP contribution >= 0.6 is 0 Å². The van der Waals surface area contributed by atoms with Crippen LogP contribution in [0.2, 0.25) is 0 Å². The first-order valence-corrected chi connectivity index (χ1v) is 7.91. The molecule has 0 fully saturated rings. The number of nitrogens with zero attached hydrogens (tertiary/aromatic N) is 1. The van der Waals surface area contributed by atoms with E-state index in [4.69, 9.17) is 5.73 Å². The molecule has 1 aromatic carbocycles. The minimum Gasteiger partial charge on any atom is -0.399 e. The molecule has 0 bridgehead atoms. The third-order valence-corrected chi connectivity index (χ3v) is 4.30. The van der Waals surface area contributed by atoms with Crippen molar-refractivity contribution in [3.05, 3.63) is 29.8 Å². The van der Waals surface area contributed by atoms with Gasteiger partial charge in [-0.2, -0.15) is 17.4 Å². The fraction of sp³-hybridized carbons (Fsp3) is 0.538. The Morgan fingerprint density at radius 3 is 2.32 bits per heavy atom. The Labute approximate surface area is 116 Å². The van der Waals surface area contributed by atoms with Crippen LogP contribution in [-0.4, -0.2) is 25.3 Å². The maximum absolute atomic E-state index is 12.2. The van der Waals surface area contributed by atoms with Gasteiger partial charge in [0.05, 0.1) is 0 Å². The third-order valence-electron chi connectivity index (χ3n) is 2.54. The van der Waals surface area contributed by atoms with E-state index < -0.39 is 10.2 Å². The van der Waals surface area contributed by atoms with E-state index in [2.05, 4.69) is 4.72 Å². The average molecular weight is 285 g/mol. The van der Waals surface area contributed by atoms with Gasteiger partial charge in [-0.25, -0.2) is 0 Å². The molecular formula is C13H23N3O2S. The highest BCUT2D eigenvalue weighted by Gasteiger charge is 2.21. The summed E-state index contributed by atoms with van der Waals surface area (Å²) in [5.74, 6) is 0. The van der Waals surface area contributed by atoms with Gasteiger partial charge in [0.2, 0.25) is 0 Å². The fourth-order valence-corrected chi connectivity index (χ4v) is 3.22. The second-order valence-electron chi connectivity index (χ2n) is 4.85. The lowest BCUT2D eigenvalue weighted by atomic mass is 10.2. The minimum absolute atomic E-state index is 0.115. The predicted molar refractivity (Wildman–Crippen MR) is 78.7 cm³/mol. The van der Waals surface area contributed by atoms with Crippen molar-refractivity contribution in [1.29, 1.82) is 0 Å². The van der Waals surface area contributed by atoms with Gasteiger partial charge in [-0.3, -0.25) is 0 Å². The van der Waals surface area contributed by atoms with E-state index in [0.29, 0.717) is 18.8 Å². The van der Waals surface area contributed by atoms with E-state index in [1.165, 1.54) is 4.31 Å². The zero-order valence-electron chi connectivity index (χ0n) is 11.8. The second-order valence-corrected chi connectivity index (χ2v) is 6.55. The molecule has 0 saturated heterocycles. The summed E-state index contributed by atoms with van der Waals surface area (Å²) < 4.78 is 28.5. The molecule has 0 heterocycles. The SMILES string of the molecule is CCCN(Cc1ccc(N)cc1)S(=O)(=O)NC(C)C. The van der Waals surface area contributed by atoms with Crippen molar-refractivity contribution >= 4 is 15.9 Å². The number of hydrogen-bond acceptors (Lipinski definition) is 3. The van der Waals surface area contributed by atoms with Crippen LogP contribution in [-0.2, 0) is 16.8 Å². The Balaban J connectivity index is 2.86. The van der Waals surface area contributed by atoms with Crippen molar-refractivity contribution in [2.24, 2.45) is 0 Å². The van der Waals surface area contributed by atoms with Gasteiger partial charge in [-0.05, 0) is 38.0 Å². The molecule has 0 amide bonds. The van der Waals surface area contributed by atoms with E-state index in [9.17, 15) is 8.42 Å². The normalized spacial score (nSPS) is 12.3. The smallest absolute Gasteiger partial charge is 0.279 e. The molecule has 19 heavy (non-hydrogen) atoms. The number of nitrogens with one attached hydrogen (secondary N) is 1. The Morgan fingerprint density at radius 1 is 1.26 bits per heavy atom. The average Bonchev–Trinajstić information content (AvgIpc) is 2.29. The summed E-state index contributed by atoms with van der Waals surface area (Å²) in [5.41, 5.74) is 7.23. The zero-order valence-corrected chi connectivity index (χ0v) is 12.6. The van der Waals surface area contributed by atoms with Crippen molar-refractivity contribution in [1.82, 2.24) is 9.03 Å². The zero-order chi connectivity index (χ0) is 14.5. The molecule has 0 spiro atoms. The van der Waals surface area contributed by atoms with Crippen LogP contribution in [0.1, 0.15) is 32.8 Å². The monoisotopic (exact) mass is 285 g/mol. The topological polar surface area (TPSA) is 75.4 Å². The van der Waals surface area contributed by atoms with Crippen molar-refractivity contribution in [3.63, 3.8) is 0 Å². The molecule has 0 aliphatic heterocycles. The summed E-state index contributed by atoms with van der Waals surface area (Å²) in [6, 6.07) is 7.14. The Morgan fingerprint density at radius 2 is 1.84 bits per heavy atom. The highest BCUT2D eigenvalue weighted by Crippen LogP contribution is 2.11. The number of hydrogen-bond donors (Lipinski definition) is 2. The Hall–Kier alpha value is -1.11. The van der Waals surface area contributed by atoms with E-state index in [1.807, 2.05) is 32.9 Å². The van der Waals surface area contributed by atoms with Crippen LogP contribution in [0.5, 0.6) is 0 Å². The summed E-state index contributed by atoms with van der Waals surface area (Å²) in [5, 5.41) is 0. The lowest BCUT2D eigenvalue weighted by molar-refractivity contribution is 0.394. The Bertz CT molecular complexity index is 483. The maximum Gasteiger partial charge on any atom is 0.279 e. The standard InChI is InChI=1S/C13H23N3O2S/c1-4-9-16(19(17,18)15-11(2)3)10-12-5-7-13(14)8-6-12/h5-8,11,15H,4,9-10,14H2,1-3H3. The van der Waals surface area contributed by atoms with Crippen molar-refractivity contribution in [2.75, 3.05) is 12.3 Å². The summed E-state index contributed by atoms with van der Waals surface area (Å²) in [7, 11) is -3.44. The van der Waals surface area contributed by atoms with E-state index >= 15 is 0 Å². The Kier molecular flexibility index (Phi) is 5.78. The summed E-state index contributed by atoms with van der Waals surface area (Å²) in [6.45, 7) is 6.43. The van der Waals surface area contributed by atoms with Gasteiger partial charge >= 0.3 is 0 Å². The maximum atomic E-state index is 12.2. The minimum atomic E-state index is -3.44. The summed E-state index contributed by atoms with van der Waals surface area (Å²) in [6.07, 6.45) is 0.772. The highest BCUT2D eigenvalue weighted by atomic mass is 32.2. The highest BCUT2D eigenvalue weighted by molar-refractivity contribution is 7.87. The number of anilines is 1. The van der Waals surface area contributed by atoms with Gasteiger partial charge in [-0.15, -0.1) is 0 Å². The number of nitrogens with two attached hydrogens (primary N) is 1. The molecule has 0 aliphatic carbocycles. The lowest BCUT2D eigenvalue weighted by Crippen LogP contribution is -2.43. The predicted octanol–water partition coefficient (Wildman–Crippen LogP) is 1.72. The molecule has 5 nitrogen and oxygen atoms in total. The van der Waals surface area contributed by atoms with Gasteiger partial charge in [0, 0.05) is 24.8 Å². The van der Waals surface area contributed by atoms with Gasteiger partial charge in [0.25, 0.3) is 10.2 Å². The van der Waals surface area contributed by atoms with E-state index in [-0.39, 0.29) is 6.04 Å². The van der Waals surface area contributed by atoms with E-state index in [0.717, 1.165) is 12.0 Å². The van der Waals surface area contributed by atoms with Gasteiger partial charge < -0.3 is 5.73 Å². The van der Waals surface area contributed by atoms with Crippen molar-refractivity contribution in [2.45, 2.75) is 39.8 Å². The van der Waals surface area contributed by atoms with Gasteiger partial charge in [0.1, 0.15) is 0 Å². The summed E-state index contributed by atoms with van der Waals surface area (Å²) in [4.78, 5) is 0. The van der Waals surface area contributed by atoms with Gasteiger partial charge in [-0.1, -0.05) is 19.1 Å². The lowest BCUT2D eigenvalue weighted by Gasteiger charge is -2.23. The van der Waals surface area contributed by atoms with Crippen LogP contribution in [0, 0.1) is 0 Å². The van der Waals surface area contributed by atoms with Crippen molar-refractivity contribution < 1.29 is 8.42 Å². The molecule has 1 rings (SSSR count). The molecule has 0 aliphatic rings. The molecule has 6 heteroatoms. The molecule has 0 unspecified atom stereocenters. The van der Waals surface area contributed by atoms with Gasteiger partial charge in [0.15, 0.2) is 0 Å². The van der Waals surface area contributed by atoms with Crippen LogP contribution in [0.25, 0.3) is 0 Å². The first-order valence-electron chi connectivity index (χ1n) is 6.47. The molecular weight excluding hydrogens is 262 g/mol. The fourth-order valence-electron chi connectivity index (χ4n) is 1.73.